The Bertz CT molecular complexity index is 338. The van der Waals surface area contributed by atoms with Crippen LogP contribution in [0, 0.1) is 11.3 Å². The zero-order valence-corrected chi connectivity index (χ0v) is 10.8. The average Bonchev–Trinajstić information content (AvgIpc) is 2.20. The first-order chi connectivity index (χ1) is 6.75. The van der Waals surface area contributed by atoms with Gasteiger partial charge < -0.3 is 0 Å². The lowest BCUT2D eigenvalue weighted by atomic mass is 9.77. The van der Waals surface area contributed by atoms with E-state index in [-0.39, 0.29) is 11.2 Å². The molecule has 15 heavy (non-hydrogen) atoms. The molecule has 0 unspecified atom stereocenters. The largest absolute Gasteiger partial charge is 0.295 e. The SMILES string of the molecule is CC(=O)C1=C(C)CC(C)(C)[C@H]1C=C(C)C. The van der Waals surface area contributed by atoms with E-state index < -0.39 is 0 Å². The highest BCUT2D eigenvalue weighted by molar-refractivity contribution is 5.95. The van der Waals surface area contributed by atoms with Crippen LogP contribution in [0.25, 0.3) is 0 Å². The van der Waals surface area contributed by atoms with Crippen molar-refractivity contribution in [3.8, 4) is 0 Å². The van der Waals surface area contributed by atoms with Crippen molar-refractivity contribution in [1.29, 1.82) is 0 Å². The molecule has 1 aliphatic rings. The summed E-state index contributed by atoms with van der Waals surface area (Å²) in [5, 5.41) is 0. The maximum atomic E-state index is 11.6. The third-order valence-electron chi connectivity index (χ3n) is 3.21. The van der Waals surface area contributed by atoms with E-state index >= 15 is 0 Å². The monoisotopic (exact) mass is 206 g/mol. The van der Waals surface area contributed by atoms with Gasteiger partial charge >= 0.3 is 0 Å². The van der Waals surface area contributed by atoms with Gasteiger partial charge in [-0.2, -0.15) is 0 Å². The van der Waals surface area contributed by atoms with Crippen molar-refractivity contribution in [2.45, 2.75) is 48.0 Å². The molecular weight excluding hydrogens is 184 g/mol. The Morgan fingerprint density at radius 3 is 2.27 bits per heavy atom. The molecule has 1 atom stereocenters. The standard InChI is InChI=1S/C14H22O/c1-9(2)7-12-13(11(4)15)10(3)8-14(12,5)6/h7,12H,8H2,1-6H3/t12-/m0/s1. The van der Waals surface area contributed by atoms with Gasteiger partial charge in [0.05, 0.1) is 0 Å². The molecule has 0 radical (unpaired) electrons. The fourth-order valence-electron chi connectivity index (χ4n) is 2.71. The summed E-state index contributed by atoms with van der Waals surface area (Å²) in [6, 6.07) is 0. The summed E-state index contributed by atoms with van der Waals surface area (Å²) in [4.78, 5) is 11.6. The fourth-order valence-corrected chi connectivity index (χ4v) is 2.71. The van der Waals surface area contributed by atoms with Gasteiger partial charge in [-0.1, -0.05) is 31.1 Å². The van der Waals surface area contributed by atoms with E-state index in [1.807, 2.05) is 0 Å². The van der Waals surface area contributed by atoms with Crippen molar-refractivity contribution in [2.24, 2.45) is 11.3 Å². The van der Waals surface area contributed by atoms with Gasteiger partial charge in [0.15, 0.2) is 5.78 Å². The second-order valence-electron chi connectivity index (χ2n) is 5.64. The van der Waals surface area contributed by atoms with Gasteiger partial charge in [-0.05, 0) is 39.5 Å². The van der Waals surface area contributed by atoms with Crippen molar-refractivity contribution >= 4 is 5.78 Å². The second kappa shape index (κ2) is 3.96. The summed E-state index contributed by atoms with van der Waals surface area (Å²) in [5.74, 6) is 0.542. The number of allylic oxidation sites excluding steroid dienone is 4. The maximum Gasteiger partial charge on any atom is 0.156 e. The minimum absolute atomic E-state index is 0.197. The quantitative estimate of drug-likeness (QED) is 0.626. The first kappa shape index (κ1) is 12.2. The van der Waals surface area contributed by atoms with Crippen LogP contribution in [0.1, 0.15) is 48.0 Å². The molecule has 0 saturated carbocycles. The molecule has 0 N–H and O–H groups in total. The molecule has 1 rings (SSSR count). The maximum absolute atomic E-state index is 11.6. The molecular formula is C14H22O. The van der Waals surface area contributed by atoms with Gasteiger partial charge in [-0.25, -0.2) is 0 Å². The molecule has 0 aromatic rings. The van der Waals surface area contributed by atoms with Gasteiger partial charge in [0.2, 0.25) is 0 Å². The lowest BCUT2D eigenvalue weighted by Crippen LogP contribution is -2.20. The summed E-state index contributed by atoms with van der Waals surface area (Å²) in [5.41, 5.74) is 3.81. The van der Waals surface area contributed by atoms with Crippen LogP contribution < -0.4 is 0 Å². The lowest BCUT2D eigenvalue weighted by Gasteiger charge is -2.26. The average molecular weight is 206 g/mol. The molecule has 1 heteroatoms. The first-order valence-electron chi connectivity index (χ1n) is 5.61. The molecule has 0 amide bonds. The van der Waals surface area contributed by atoms with E-state index in [0.29, 0.717) is 5.92 Å². The van der Waals surface area contributed by atoms with Crippen molar-refractivity contribution < 1.29 is 4.79 Å². The Morgan fingerprint density at radius 2 is 1.87 bits per heavy atom. The third kappa shape index (κ3) is 2.39. The van der Waals surface area contributed by atoms with Crippen LogP contribution in [0.2, 0.25) is 0 Å². The second-order valence-corrected chi connectivity index (χ2v) is 5.64. The van der Waals surface area contributed by atoms with E-state index in [0.717, 1.165) is 12.0 Å². The van der Waals surface area contributed by atoms with E-state index in [1.54, 1.807) is 6.92 Å². The van der Waals surface area contributed by atoms with Crippen LogP contribution in [-0.2, 0) is 4.79 Å². The topological polar surface area (TPSA) is 17.1 Å². The van der Waals surface area contributed by atoms with Crippen molar-refractivity contribution in [2.75, 3.05) is 0 Å². The van der Waals surface area contributed by atoms with E-state index in [9.17, 15) is 4.79 Å². The Kier molecular flexibility index (Phi) is 3.22. The highest BCUT2D eigenvalue weighted by Gasteiger charge is 2.39. The summed E-state index contributed by atoms with van der Waals surface area (Å²) in [6.07, 6.45) is 3.28. The molecule has 1 aliphatic carbocycles. The number of hydrogen-bond acceptors (Lipinski definition) is 1. The summed E-state index contributed by atoms with van der Waals surface area (Å²) in [6.45, 7) is 12.5. The molecule has 0 spiro atoms. The van der Waals surface area contributed by atoms with Crippen molar-refractivity contribution in [1.82, 2.24) is 0 Å². The number of rotatable bonds is 2. The Balaban J connectivity index is 3.18. The number of Topliss-reactive ketones (excluding diaryl/α,β-unsaturated/α-hetero) is 1. The Labute approximate surface area is 93.3 Å². The van der Waals surface area contributed by atoms with Crippen LogP contribution >= 0.6 is 0 Å². The van der Waals surface area contributed by atoms with Crippen LogP contribution in [0.3, 0.4) is 0 Å². The van der Waals surface area contributed by atoms with Crippen molar-refractivity contribution in [3.05, 3.63) is 22.8 Å². The summed E-state index contributed by atoms with van der Waals surface area (Å²) in [7, 11) is 0. The molecule has 0 bridgehead atoms. The Morgan fingerprint density at radius 1 is 1.33 bits per heavy atom. The van der Waals surface area contributed by atoms with Gasteiger partial charge in [-0.15, -0.1) is 0 Å². The van der Waals surface area contributed by atoms with E-state index in [4.69, 9.17) is 0 Å². The summed E-state index contributed by atoms with van der Waals surface area (Å²) < 4.78 is 0. The third-order valence-corrected chi connectivity index (χ3v) is 3.21. The smallest absolute Gasteiger partial charge is 0.156 e. The lowest BCUT2D eigenvalue weighted by molar-refractivity contribution is -0.114. The molecule has 0 saturated heterocycles. The fraction of sp³-hybridized carbons (Fsp3) is 0.643. The Hall–Kier alpha value is -0.850. The van der Waals surface area contributed by atoms with Gasteiger partial charge in [0.1, 0.15) is 0 Å². The first-order valence-corrected chi connectivity index (χ1v) is 5.61. The van der Waals surface area contributed by atoms with Crippen LogP contribution in [0.4, 0.5) is 0 Å². The number of carbonyl (C=O) groups is 1. The molecule has 84 valence electrons. The van der Waals surface area contributed by atoms with E-state index in [1.165, 1.54) is 11.1 Å². The van der Waals surface area contributed by atoms with Crippen LogP contribution in [0.15, 0.2) is 22.8 Å². The zero-order valence-electron chi connectivity index (χ0n) is 10.8. The minimum atomic E-state index is 0.197. The van der Waals surface area contributed by atoms with Crippen LogP contribution in [-0.4, -0.2) is 5.78 Å². The predicted molar refractivity (Wildman–Crippen MR) is 64.7 cm³/mol. The molecule has 0 aromatic carbocycles. The number of ketones is 1. The van der Waals surface area contributed by atoms with Gasteiger partial charge in [0.25, 0.3) is 0 Å². The van der Waals surface area contributed by atoms with Gasteiger partial charge in [-0.3, -0.25) is 4.79 Å². The van der Waals surface area contributed by atoms with E-state index in [2.05, 4.69) is 40.7 Å². The van der Waals surface area contributed by atoms with Gasteiger partial charge in [0, 0.05) is 11.5 Å². The normalized spacial score (nSPS) is 24.3. The highest BCUT2D eigenvalue weighted by Crippen LogP contribution is 2.47. The predicted octanol–water partition coefficient (Wildman–Crippen LogP) is 3.90. The molecule has 0 fully saturated rings. The van der Waals surface area contributed by atoms with Crippen molar-refractivity contribution in [3.63, 3.8) is 0 Å². The minimum Gasteiger partial charge on any atom is -0.295 e. The molecule has 1 nitrogen and oxygen atoms in total. The zero-order chi connectivity index (χ0) is 11.8. The molecule has 0 aliphatic heterocycles. The highest BCUT2D eigenvalue weighted by atomic mass is 16.1. The number of hydrogen-bond donors (Lipinski definition) is 0. The number of carbonyl (C=O) groups excluding carboxylic acids is 1. The molecule has 0 aromatic heterocycles. The molecule has 0 heterocycles. The summed E-state index contributed by atoms with van der Waals surface area (Å²) >= 11 is 0. The van der Waals surface area contributed by atoms with Crippen LogP contribution in [0.5, 0.6) is 0 Å².